The largest absolute Gasteiger partial charge is 0.479 e. The summed E-state index contributed by atoms with van der Waals surface area (Å²) >= 11 is 3.45. The molecule has 118 valence electrons. The lowest BCUT2D eigenvalue weighted by Crippen LogP contribution is -2.35. The molecule has 0 bridgehead atoms. The first kappa shape index (κ1) is 18.0. The van der Waals surface area contributed by atoms with Gasteiger partial charge in [0.2, 0.25) is 0 Å². The van der Waals surface area contributed by atoms with Crippen LogP contribution < -0.4 is 10.1 Å². The monoisotopic (exact) mass is 357 g/mol. The number of aliphatic carboxylic acids is 1. The average Bonchev–Trinajstić information content (AvgIpc) is 2.37. The van der Waals surface area contributed by atoms with Crippen molar-refractivity contribution in [3.63, 3.8) is 0 Å². The van der Waals surface area contributed by atoms with E-state index in [1.807, 2.05) is 25.1 Å². The van der Waals surface area contributed by atoms with Crippen LogP contribution in [0.2, 0.25) is 0 Å². The van der Waals surface area contributed by atoms with Crippen LogP contribution in [0.5, 0.6) is 5.75 Å². The average molecular weight is 358 g/mol. The Morgan fingerprint density at radius 3 is 2.57 bits per heavy atom. The number of carboxylic acids is 1. The highest BCUT2D eigenvalue weighted by atomic mass is 79.9. The molecule has 0 amide bonds. The molecule has 0 aromatic heterocycles. The number of carboxylic acid groups (broad SMARTS) is 1. The highest BCUT2D eigenvalue weighted by Gasteiger charge is 2.19. The SMILES string of the molecule is CCCC(Oc1ccc(CNC(C)(C)C)cc1Br)C(=O)O. The van der Waals surface area contributed by atoms with Gasteiger partial charge < -0.3 is 15.2 Å². The van der Waals surface area contributed by atoms with Crippen LogP contribution in [0.15, 0.2) is 22.7 Å². The quantitative estimate of drug-likeness (QED) is 0.774. The molecule has 1 aromatic carbocycles. The predicted molar refractivity (Wildman–Crippen MR) is 87.7 cm³/mol. The first-order chi connectivity index (χ1) is 9.73. The molecule has 0 fully saturated rings. The number of benzene rings is 1. The van der Waals surface area contributed by atoms with E-state index in [1.54, 1.807) is 0 Å². The Morgan fingerprint density at radius 2 is 2.10 bits per heavy atom. The van der Waals surface area contributed by atoms with Crippen LogP contribution in [0.3, 0.4) is 0 Å². The number of carbonyl (C=O) groups is 1. The molecule has 1 rings (SSSR count). The van der Waals surface area contributed by atoms with E-state index in [0.717, 1.165) is 23.0 Å². The molecule has 1 aromatic rings. The Bertz CT molecular complexity index is 483. The summed E-state index contributed by atoms with van der Waals surface area (Å²) in [5.41, 5.74) is 1.17. The van der Waals surface area contributed by atoms with Crippen molar-refractivity contribution in [2.45, 2.75) is 58.7 Å². The number of hydrogen-bond acceptors (Lipinski definition) is 3. The summed E-state index contributed by atoms with van der Waals surface area (Å²) in [5, 5.41) is 12.5. The second-order valence-corrected chi connectivity index (χ2v) is 6.96. The lowest BCUT2D eigenvalue weighted by atomic mass is 10.1. The number of halogens is 1. The second kappa shape index (κ2) is 7.80. The Balaban J connectivity index is 2.75. The van der Waals surface area contributed by atoms with Gasteiger partial charge in [-0.1, -0.05) is 19.4 Å². The lowest BCUT2D eigenvalue weighted by molar-refractivity contribution is -0.145. The zero-order chi connectivity index (χ0) is 16.0. The molecule has 0 radical (unpaired) electrons. The number of nitrogens with one attached hydrogen (secondary N) is 1. The molecule has 0 heterocycles. The van der Waals surface area contributed by atoms with Gasteiger partial charge in [0.15, 0.2) is 6.10 Å². The molecule has 0 aliphatic heterocycles. The van der Waals surface area contributed by atoms with Gasteiger partial charge in [0, 0.05) is 12.1 Å². The molecule has 0 spiro atoms. The van der Waals surface area contributed by atoms with E-state index in [2.05, 4.69) is 42.0 Å². The van der Waals surface area contributed by atoms with Crippen molar-refractivity contribution in [1.82, 2.24) is 5.32 Å². The molecule has 21 heavy (non-hydrogen) atoms. The summed E-state index contributed by atoms with van der Waals surface area (Å²) in [7, 11) is 0. The van der Waals surface area contributed by atoms with Gasteiger partial charge in [0.05, 0.1) is 4.47 Å². The summed E-state index contributed by atoms with van der Waals surface area (Å²) in [5.74, 6) is -0.363. The third kappa shape index (κ3) is 6.48. The van der Waals surface area contributed by atoms with Crippen molar-refractivity contribution in [1.29, 1.82) is 0 Å². The van der Waals surface area contributed by atoms with E-state index in [4.69, 9.17) is 9.84 Å². The van der Waals surface area contributed by atoms with Gasteiger partial charge in [0.25, 0.3) is 0 Å². The van der Waals surface area contributed by atoms with Crippen molar-refractivity contribution in [2.75, 3.05) is 0 Å². The minimum Gasteiger partial charge on any atom is -0.479 e. The molecule has 4 nitrogen and oxygen atoms in total. The Hall–Kier alpha value is -1.07. The zero-order valence-electron chi connectivity index (χ0n) is 13.1. The lowest BCUT2D eigenvalue weighted by Gasteiger charge is -2.21. The van der Waals surface area contributed by atoms with Crippen molar-refractivity contribution >= 4 is 21.9 Å². The summed E-state index contributed by atoms with van der Waals surface area (Å²) in [6.45, 7) is 9.03. The molecular formula is C16H24BrNO3. The maximum atomic E-state index is 11.1. The molecule has 5 heteroatoms. The van der Waals surface area contributed by atoms with Gasteiger partial charge >= 0.3 is 5.97 Å². The smallest absolute Gasteiger partial charge is 0.344 e. The Labute approximate surface area is 135 Å². The second-order valence-electron chi connectivity index (χ2n) is 6.10. The first-order valence-electron chi connectivity index (χ1n) is 7.16. The number of hydrogen-bond donors (Lipinski definition) is 2. The van der Waals surface area contributed by atoms with Crippen LogP contribution in [0.25, 0.3) is 0 Å². The van der Waals surface area contributed by atoms with E-state index in [9.17, 15) is 4.79 Å². The molecule has 1 atom stereocenters. The van der Waals surface area contributed by atoms with Crippen molar-refractivity contribution in [3.8, 4) is 5.75 Å². The molecule has 1 unspecified atom stereocenters. The standard InChI is InChI=1S/C16H24BrNO3/c1-5-6-14(15(19)20)21-13-8-7-11(9-12(13)17)10-18-16(2,3)4/h7-9,14,18H,5-6,10H2,1-4H3,(H,19,20). The van der Waals surface area contributed by atoms with Crippen molar-refractivity contribution in [2.24, 2.45) is 0 Å². The van der Waals surface area contributed by atoms with E-state index in [1.165, 1.54) is 0 Å². The minimum absolute atomic E-state index is 0.0528. The topological polar surface area (TPSA) is 58.6 Å². The van der Waals surface area contributed by atoms with Crippen LogP contribution in [-0.2, 0) is 11.3 Å². The van der Waals surface area contributed by atoms with Crippen LogP contribution in [-0.4, -0.2) is 22.7 Å². The molecular weight excluding hydrogens is 334 g/mol. The van der Waals surface area contributed by atoms with Crippen LogP contribution in [0.1, 0.15) is 46.1 Å². The normalized spacial score (nSPS) is 13.0. The van der Waals surface area contributed by atoms with Gasteiger partial charge in [-0.3, -0.25) is 0 Å². The Morgan fingerprint density at radius 1 is 1.43 bits per heavy atom. The third-order valence-electron chi connectivity index (χ3n) is 2.91. The zero-order valence-corrected chi connectivity index (χ0v) is 14.7. The third-order valence-corrected chi connectivity index (χ3v) is 3.53. The Kier molecular flexibility index (Phi) is 6.68. The fraction of sp³-hybridized carbons (Fsp3) is 0.562. The first-order valence-corrected chi connectivity index (χ1v) is 7.95. The fourth-order valence-corrected chi connectivity index (χ4v) is 2.29. The van der Waals surface area contributed by atoms with E-state index >= 15 is 0 Å². The molecule has 0 aliphatic rings. The maximum Gasteiger partial charge on any atom is 0.344 e. The molecule has 0 saturated heterocycles. The summed E-state index contributed by atoms with van der Waals surface area (Å²) in [6, 6.07) is 5.72. The number of ether oxygens (including phenoxy) is 1. The molecule has 0 aliphatic carbocycles. The van der Waals surface area contributed by atoms with E-state index in [-0.39, 0.29) is 5.54 Å². The van der Waals surface area contributed by atoms with E-state index in [0.29, 0.717) is 12.2 Å². The van der Waals surface area contributed by atoms with Crippen molar-refractivity contribution < 1.29 is 14.6 Å². The molecule has 2 N–H and O–H groups in total. The predicted octanol–water partition coefficient (Wildman–Crippen LogP) is 3.97. The molecule has 0 saturated carbocycles. The van der Waals surface area contributed by atoms with Gasteiger partial charge in [-0.05, 0) is 60.8 Å². The van der Waals surface area contributed by atoms with Gasteiger partial charge in [-0.2, -0.15) is 0 Å². The van der Waals surface area contributed by atoms with Crippen LogP contribution >= 0.6 is 15.9 Å². The van der Waals surface area contributed by atoms with Gasteiger partial charge in [-0.25, -0.2) is 4.79 Å². The summed E-state index contributed by atoms with van der Waals surface area (Å²) in [4.78, 5) is 11.1. The maximum absolute atomic E-state index is 11.1. The van der Waals surface area contributed by atoms with Gasteiger partial charge in [-0.15, -0.1) is 0 Å². The minimum atomic E-state index is -0.928. The fourth-order valence-electron chi connectivity index (χ4n) is 1.77. The van der Waals surface area contributed by atoms with Gasteiger partial charge in [0.1, 0.15) is 5.75 Å². The van der Waals surface area contributed by atoms with Crippen molar-refractivity contribution in [3.05, 3.63) is 28.2 Å². The van der Waals surface area contributed by atoms with Crippen LogP contribution in [0, 0.1) is 0 Å². The van der Waals surface area contributed by atoms with E-state index < -0.39 is 12.1 Å². The highest BCUT2D eigenvalue weighted by Crippen LogP contribution is 2.28. The highest BCUT2D eigenvalue weighted by molar-refractivity contribution is 9.10. The summed E-state index contributed by atoms with van der Waals surface area (Å²) in [6.07, 6.45) is 0.460. The number of rotatable bonds is 7. The van der Waals surface area contributed by atoms with Crippen LogP contribution in [0.4, 0.5) is 0 Å². The summed E-state index contributed by atoms with van der Waals surface area (Å²) < 4.78 is 6.36.